The number of nitrogens with zero attached hydrogens (tertiary/aromatic N) is 1. The molecule has 0 bridgehead atoms. The van der Waals surface area contributed by atoms with E-state index in [2.05, 4.69) is 4.98 Å². The first-order valence-corrected chi connectivity index (χ1v) is 5.51. The van der Waals surface area contributed by atoms with Gasteiger partial charge in [-0.2, -0.15) is 0 Å². The van der Waals surface area contributed by atoms with Gasteiger partial charge in [0, 0.05) is 5.56 Å². The molecule has 0 aliphatic carbocycles. The van der Waals surface area contributed by atoms with Crippen molar-refractivity contribution in [1.82, 2.24) is 4.98 Å². The van der Waals surface area contributed by atoms with Crippen molar-refractivity contribution in [2.45, 2.75) is 6.42 Å². The van der Waals surface area contributed by atoms with Crippen LogP contribution in [-0.4, -0.2) is 4.98 Å². The lowest BCUT2D eigenvalue weighted by atomic mass is 10.1. The lowest BCUT2D eigenvalue weighted by molar-refractivity contribution is 0.491. The summed E-state index contributed by atoms with van der Waals surface area (Å²) in [5.41, 5.74) is 1.59. The second-order valence-electron chi connectivity index (χ2n) is 3.97. The Balaban J connectivity index is 1.99. The van der Waals surface area contributed by atoms with Gasteiger partial charge in [-0.05, 0) is 18.2 Å². The maximum absolute atomic E-state index is 13.5. The third kappa shape index (κ3) is 1.86. The van der Waals surface area contributed by atoms with Crippen molar-refractivity contribution in [3.8, 4) is 0 Å². The van der Waals surface area contributed by atoms with Crippen molar-refractivity contribution in [2.75, 3.05) is 0 Å². The van der Waals surface area contributed by atoms with Crippen molar-refractivity contribution in [1.29, 1.82) is 0 Å². The van der Waals surface area contributed by atoms with E-state index in [1.807, 2.05) is 18.2 Å². The predicted octanol–water partition coefficient (Wildman–Crippen LogP) is 3.70. The van der Waals surface area contributed by atoms with Gasteiger partial charge in [-0.3, -0.25) is 0 Å². The van der Waals surface area contributed by atoms with Crippen molar-refractivity contribution in [2.24, 2.45) is 0 Å². The largest absolute Gasteiger partial charge is 0.440 e. The van der Waals surface area contributed by atoms with Crippen LogP contribution in [0.15, 0.2) is 46.9 Å². The van der Waals surface area contributed by atoms with E-state index >= 15 is 0 Å². The van der Waals surface area contributed by atoms with Gasteiger partial charge in [0.1, 0.15) is 5.52 Å². The van der Waals surface area contributed by atoms with E-state index < -0.39 is 11.6 Å². The smallest absolute Gasteiger partial charge is 0.200 e. The molecule has 0 saturated carbocycles. The van der Waals surface area contributed by atoms with Crippen LogP contribution in [0.4, 0.5) is 8.78 Å². The second-order valence-corrected chi connectivity index (χ2v) is 3.97. The van der Waals surface area contributed by atoms with E-state index in [1.165, 1.54) is 12.1 Å². The van der Waals surface area contributed by atoms with Crippen LogP contribution in [0.25, 0.3) is 11.1 Å². The van der Waals surface area contributed by atoms with E-state index in [9.17, 15) is 8.78 Å². The van der Waals surface area contributed by atoms with Crippen LogP contribution in [0.5, 0.6) is 0 Å². The van der Waals surface area contributed by atoms with Gasteiger partial charge in [0.25, 0.3) is 0 Å². The molecule has 3 aromatic rings. The number of hydrogen-bond acceptors (Lipinski definition) is 2. The molecular formula is C14H9F2NO. The molecule has 0 atom stereocenters. The Bertz CT molecular complexity index is 673. The fraction of sp³-hybridized carbons (Fsp3) is 0.0714. The topological polar surface area (TPSA) is 26.0 Å². The van der Waals surface area contributed by atoms with Crippen LogP contribution in [0.1, 0.15) is 11.5 Å². The summed E-state index contributed by atoms with van der Waals surface area (Å²) in [6.45, 7) is 0. The molecule has 2 aromatic carbocycles. The zero-order chi connectivity index (χ0) is 12.5. The Morgan fingerprint density at radius 1 is 1.00 bits per heavy atom. The fourth-order valence-electron chi connectivity index (χ4n) is 1.84. The Hall–Kier alpha value is -2.23. The summed E-state index contributed by atoms with van der Waals surface area (Å²) in [7, 11) is 0. The molecule has 18 heavy (non-hydrogen) atoms. The zero-order valence-corrected chi connectivity index (χ0v) is 9.36. The molecule has 90 valence electrons. The Morgan fingerprint density at radius 3 is 2.67 bits per heavy atom. The third-order valence-corrected chi connectivity index (χ3v) is 2.71. The SMILES string of the molecule is Fc1cccc(Cc2nc3ccccc3o2)c1F. The number of oxazole rings is 1. The maximum atomic E-state index is 13.5. The Labute approximate surface area is 102 Å². The molecular weight excluding hydrogens is 236 g/mol. The lowest BCUT2D eigenvalue weighted by Crippen LogP contribution is -1.95. The van der Waals surface area contributed by atoms with Crippen LogP contribution < -0.4 is 0 Å². The van der Waals surface area contributed by atoms with E-state index in [0.717, 1.165) is 6.07 Å². The quantitative estimate of drug-likeness (QED) is 0.688. The molecule has 0 radical (unpaired) electrons. The van der Waals surface area contributed by atoms with Gasteiger partial charge < -0.3 is 4.42 Å². The average Bonchev–Trinajstić information content (AvgIpc) is 2.77. The molecule has 0 N–H and O–H groups in total. The van der Waals surface area contributed by atoms with E-state index in [1.54, 1.807) is 6.07 Å². The molecule has 0 unspecified atom stereocenters. The van der Waals surface area contributed by atoms with Crippen LogP contribution >= 0.6 is 0 Å². The third-order valence-electron chi connectivity index (χ3n) is 2.71. The number of aromatic nitrogens is 1. The highest BCUT2D eigenvalue weighted by molar-refractivity contribution is 5.72. The Kier molecular flexibility index (Phi) is 2.55. The molecule has 0 saturated heterocycles. The standard InChI is InChI=1S/C14H9F2NO/c15-10-5-3-4-9(14(10)16)8-13-17-11-6-1-2-7-12(11)18-13/h1-7H,8H2. The van der Waals surface area contributed by atoms with Crippen LogP contribution in [0.3, 0.4) is 0 Å². The van der Waals surface area contributed by atoms with Gasteiger partial charge in [0.15, 0.2) is 23.1 Å². The van der Waals surface area contributed by atoms with Crippen molar-refractivity contribution >= 4 is 11.1 Å². The molecule has 1 heterocycles. The summed E-state index contributed by atoms with van der Waals surface area (Å²) in [6, 6.07) is 11.4. The molecule has 0 aliphatic rings. The minimum absolute atomic E-state index is 0.137. The molecule has 3 rings (SSSR count). The van der Waals surface area contributed by atoms with Crippen LogP contribution in [-0.2, 0) is 6.42 Å². The lowest BCUT2D eigenvalue weighted by Gasteiger charge is -2.00. The number of rotatable bonds is 2. The summed E-state index contributed by atoms with van der Waals surface area (Å²) in [6.07, 6.45) is 0.137. The molecule has 0 fully saturated rings. The fourth-order valence-corrected chi connectivity index (χ4v) is 1.84. The van der Waals surface area contributed by atoms with Gasteiger partial charge >= 0.3 is 0 Å². The summed E-state index contributed by atoms with van der Waals surface area (Å²) in [5, 5.41) is 0. The normalized spacial score (nSPS) is 11.0. The zero-order valence-electron chi connectivity index (χ0n) is 9.36. The summed E-state index contributed by atoms with van der Waals surface area (Å²) in [4.78, 5) is 4.22. The van der Waals surface area contributed by atoms with Gasteiger partial charge in [0.2, 0.25) is 0 Å². The average molecular weight is 245 g/mol. The number of para-hydroxylation sites is 2. The van der Waals surface area contributed by atoms with Crippen LogP contribution in [0.2, 0.25) is 0 Å². The number of halogens is 2. The minimum Gasteiger partial charge on any atom is -0.440 e. The molecule has 4 heteroatoms. The molecule has 1 aromatic heterocycles. The summed E-state index contributed by atoms with van der Waals surface area (Å²) >= 11 is 0. The van der Waals surface area contributed by atoms with E-state index in [-0.39, 0.29) is 12.0 Å². The molecule has 0 aliphatic heterocycles. The Morgan fingerprint density at radius 2 is 1.83 bits per heavy atom. The molecule has 0 amide bonds. The number of benzene rings is 2. The minimum atomic E-state index is -0.858. The highest BCUT2D eigenvalue weighted by Crippen LogP contribution is 2.19. The van der Waals surface area contributed by atoms with Gasteiger partial charge in [0.05, 0.1) is 6.42 Å². The van der Waals surface area contributed by atoms with Crippen molar-refractivity contribution in [3.05, 3.63) is 65.6 Å². The highest BCUT2D eigenvalue weighted by Gasteiger charge is 2.11. The maximum Gasteiger partial charge on any atom is 0.200 e. The number of hydrogen-bond donors (Lipinski definition) is 0. The van der Waals surface area contributed by atoms with E-state index in [4.69, 9.17) is 4.42 Å². The van der Waals surface area contributed by atoms with Gasteiger partial charge in [-0.1, -0.05) is 24.3 Å². The van der Waals surface area contributed by atoms with Gasteiger partial charge in [-0.15, -0.1) is 0 Å². The number of fused-ring (bicyclic) bond motifs is 1. The van der Waals surface area contributed by atoms with E-state index in [0.29, 0.717) is 17.0 Å². The van der Waals surface area contributed by atoms with Gasteiger partial charge in [-0.25, -0.2) is 13.8 Å². The molecule has 0 spiro atoms. The highest BCUT2D eigenvalue weighted by atomic mass is 19.2. The van der Waals surface area contributed by atoms with Crippen molar-refractivity contribution in [3.63, 3.8) is 0 Å². The van der Waals surface area contributed by atoms with Crippen molar-refractivity contribution < 1.29 is 13.2 Å². The molecule has 2 nitrogen and oxygen atoms in total. The predicted molar refractivity (Wildman–Crippen MR) is 63.2 cm³/mol. The summed E-state index contributed by atoms with van der Waals surface area (Å²) < 4.78 is 32.0. The first-order valence-electron chi connectivity index (χ1n) is 5.51. The second kappa shape index (κ2) is 4.22. The first-order chi connectivity index (χ1) is 8.74. The van der Waals surface area contributed by atoms with Crippen LogP contribution in [0, 0.1) is 11.6 Å². The first kappa shape index (κ1) is 10.9. The monoisotopic (exact) mass is 245 g/mol. The summed E-state index contributed by atoms with van der Waals surface area (Å²) in [5.74, 6) is -1.33.